The second-order valence-corrected chi connectivity index (χ2v) is 7.69. The molecule has 1 unspecified atom stereocenters. The predicted molar refractivity (Wildman–Crippen MR) is 85.7 cm³/mol. The van der Waals surface area contributed by atoms with Crippen molar-refractivity contribution in [3.63, 3.8) is 0 Å². The molecule has 1 atom stereocenters. The molecular formula is C12H15BrN4O2S2. The molecule has 2 rings (SSSR count). The van der Waals surface area contributed by atoms with Gasteiger partial charge in [-0.25, -0.2) is 17.8 Å². The van der Waals surface area contributed by atoms with Crippen molar-refractivity contribution in [3.05, 3.63) is 34.4 Å². The molecule has 0 fully saturated rings. The quantitative estimate of drug-likeness (QED) is 0.792. The van der Waals surface area contributed by atoms with E-state index in [0.29, 0.717) is 0 Å². The zero-order valence-corrected chi connectivity index (χ0v) is 15.0. The number of sulfonamides is 1. The molecule has 0 aliphatic heterocycles. The molecule has 2 aromatic rings. The van der Waals surface area contributed by atoms with Crippen molar-refractivity contribution in [3.8, 4) is 0 Å². The van der Waals surface area contributed by atoms with E-state index in [9.17, 15) is 8.42 Å². The van der Waals surface area contributed by atoms with Gasteiger partial charge in [-0.1, -0.05) is 17.3 Å². The molecule has 0 radical (unpaired) electrons. The fourth-order valence-electron chi connectivity index (χ4n) is 1.86. The predicted octanol–water partition coefficient (Wildman–Crippen LogP) is 2.34. The number of halogens is 1. The van der Waals surface area contributed by atoms with Gasteiger partial charge in [0.25, 0.3) is 10.0 Å². The second kappa shape index (κ2) is 6.47. The van der Waals surface area contributed by atoms with Crippen LogP contribution in [0.5, 0.6) is 0 Å². The Morgan fingerprint density at radius 3 is 2.43 bits per heavy atom. The standard InChI is InChI=1S/C12H15BrN4O2S2/c1-8(9-4-6-10(20-3)7-5-9)15-21(18,19)12-11(13)14-16-17(12)2/h4-8,15H,1-3H3. The normalized spacial score (nSPS) is 13.3. The van der Waals surface area contributed by atoms with Gasteiger partial charge in [-0.15, -0.1) is 16.9 Å². The number of thioether (sulfide) groups is 1. The van der Waals surface area contributed by atoms with E-state index in [1.807, 2.05) is 30.5 Å². The smallest absolute Gasteiger partial charge is 0.235 e. The van der Waals surface area contributed by atoms with Crippen molar-refractivity contribution in [2.24, 2.45) is 7.05 Å². The summed E-state index contributed by atoms with van der Waals surface area (Å²) < 4.78 is 28.8. The highest BCUT2D eigenvalue weighted by Crippen LogP contribution is 2.23. The highest BCUT2D eigenvalue weighted by molar-refractivity contribution is 9.10. The van der Waals surface area contributed by atoms with Crippen LogP contribution in [0, 0.1) is 0 Å². The SMILES string of the molecule is CSc1ccc(C(C)NS(=O)(=O)c2c(Br)nnn2C)cc1. The molecule has 114 valence electrons. The largest absolute Gasteiger partial charge is 0.261 e. The third-order valence-electron chi connectivity index (χ3n) is 2.94. The van der Waals surface area contributed by atoms with Gasteiger partial charge in [-0.3, -0.25) is 0 Å². The van der Waals surface area contributed by atoms with Crippen LogP contribution in [-0.4, -0.2) is 29.7 Å². The van der Waals surface area contributed by atoms with Crippen molar-refractivity contribution in [2.75, 3.05) is 6.26 Å². The molecule has 0 bridgehead atoms. The van der Waals surface area contributed by atoms with Gasteiger partial charge in [0.15, 0.2) is 4.60 Å². The maximum absolute atomic E-state index is 12.4. The Hall–Kier alpha value is -0.900. The number of aryl methyl sites for hydroxylation is 1. The first kappa shape index (κ1) is 16.5. The van der Waals surface area contributed by atoms with Gasteiger partial charge in [0, 0.05) is 18.0 Å². The molecular weight excluding hydrogens is 376 g/mol. The average molecular weight is 391 g/mol. The number of benzene rings is 1. The van der Waals surface area contributed by atoms with Crippen LogP contribution in [0.2, 0.25) is 0 Å². The monoisotopic (exact) mass is 390 g/mol. The first-order valence-corrected chi connectivity index (χ1v) is 9.56. The number of hydrogen-bond donors (Lipinski definition) is 1. The summed E-state index contributed by atoms with van der Waals surface area (Å²) in [6.07, 6.45) is 1.99. The van der Waals surface area contributed by atoms with Gasteiger partial charge in [0.05, 0.1) is 0 Å². The third kappa shape index (κ3) is 3.65. The first-order valence-electron chi connectivity index (χ1n) is 6.06. The van der Waals surface area contributed by atoms with Crippen LogP contribution < -0.4 is 4.72 Å². The zero-order valence-electron chi connectivity index (χ0n) is 11.7. The first-order chi connectivity index (χ1) is 9.85. The summed E-state index contributed by atoms with van der Waals surface area (Å²) in [5.74, 6) is 0. The summed E-state index contributed by atoms with van der Waals surface area (Å²) in [5, 5.41) is 7.39. The summed E-state index contributed by atoms with van der Waals surface area (Å²) in [4.78, 5) is 1.13. The Morgan fingerprint density at radius 2 is 1.95 bits per heavy atom. The van der Waals surface area contributed by atoms with E-state index < -0.39 is 10.0 Å². The van der Waals surface area contributed by atoms with Gasteiger partial charge < -0.3 is 0 Å². The zero-order chi connectivity index (χ0) is 15.6. The van der Waals surface area contributed by atoms with E-state index in [1.165, 1.54) is 11.7 Å². The minimum atomic E-state index is -3.71. The molecule has 9 heteroatoms. The van der Waals surface area contributed by atoms with Crippen LogP contribution in [0.15, 0.2) is 38.8 Å². The fourth-order valence-corrected chi connectivity index (χ4v) is 4.59. The molecule has 1 heterocycles. The highest BCUT2D eigenvalue weighted by atomic mass is 79.9. The maximum Gasteiger partial charge on any atom is 0.261 e. The lowest BCUT2D eigenvalue weighted by Crippen LogP contribution is -2.28. The van der Waals surface area contributed by atoms with E-state index >= 15 is 0 Å². The van der Waals surface area contributed by atoms with E-state index in [1.54, 1.807) is 18.7 Å². The Kier molecular flexibility index (Phi) is 5.07. The minimum Gasteiger partial charge on any atom is -0.235 e. The Bertz CT molecular complexity index is 709. The average Bonchev–Trinajstić information content (AvgIpc) is 2.78. The summed E-state index contributed by atoms with van der Waals surface area (Å²) >= 11 is 4.74. The van der Waals surface area contributed by atoms with Crippen molar-refractivity contribution >= 4 is 37.7 Å². The molecule has 0 aliphatic carbocycles. The summed E-state index contributed by atoms with van der Waals surface area (Å²) in [6.45, 7) is 1.79. The summed E-state index contributed by atoms with van der Waals surface area (Å²) in [6, 6.07) is 7.40. The van der Waals surface area contributed by atoms with E-state index in [2.05, 4.69) is 31.0 Å². The molecule has 1 N–H and O–H groups in total. The fraction of sp³-hybridized carbons (Fsp3) is 0.333. The van der Waals surface area contributed by atoms with Crippen LogP contribution in [0.3, 0.4) is 0 Å². The number of nitrogens with one attached hydrogen (secondary N) is 1. The van der Waals surface area contributed by atoms with Gasteiger partial charge >= 0.3 is 0 Å². The van der Waals surface area contributed by atoms with Crippen LogP contribution in [0.1, 0.15) is 18.5 Å². The van der Waals surface area contributed by atoms with Crippen LogP contribution >= 0.6 is 27.7 Å². The molecule has 1 aromatic heterocycles. The van der Waals surface area contributed by atoms with Gasteiger partial charge in [0.1, 0.15) is 0 Å². The molecule has 1 aromatic carbocycles. The van der Waals surface area contributed by atoms with Crippen molar-refractivity contribution < 1.29 is 8.42 Å². The van der Waals surface area contributed by atoms with Crippen LogP contribution in [0.25, 0.3) is 0 Å². The lowest BCUT2D eigenvalue weighted by Gasteiger charge is -2.15. The van der Waals surface area contributed by atoms with Crippen molar-refractivity contribution in [1.82, 2.24) is 19.7 Å². The Labute approximate surface area is 136 Å². The Morgan fingerprint density at radius 1 is 1.33 bits per heavy atom. The van der Waals surface area contributed by atoms with Gasteiger partial charge in [0.2, 0.25) is 5.03 Å². The van der Waals surface area contributed by atoms with E-state index in [0.717, 1.165) is 10.5 Å². The number of aromatic nitrogens is 3. The summed E-state index contributed by atoms with van der Waals surface area (Å²) in [7, 11) is -2.17. The topological polar surface area (TPSA) is 76.9 Å². The third-order valence-corrected chi connectivity index (χ3v) is 6.11. The number of hydrogen-bond acceptors (Lipinski definition) is 5. The van der Waals surface area contributed by atoms with E-state index in [-0.39, 0.29) is 15.7 Å². The molecule has 0 amide bonds. The lowest BCUT2D eigenvalue weighted by atomic mass is 10.1. The molecule has 0 spiro atoms. The van der Waals surface area contributed by atoms with Gasteiger partial charge in [-0.2, -0.15) is 0 Å². The van der Waals surface area contributed by atoms with E-state index in [4.69, 9.17) is 0 Å². The second-order valence-electron chi connectivity index (χ2n) is 4.43. The molecule has 0 aliphatic rings. The minimum absolute atomic E-state index is 0.00934. The van der Waals surface area contributed by atoms with Crippen molar-refractivity contribution in [1.29, 1.82) is 0 Å². The van der Waals surface area contributed by atoms with Crippen LogP contribution in [-0.2, 0) is 17.1 Å². The van der Waals surface area contributed by atoms with Gasteiger partial charge in [-0.05, 0) is 46.8 Å². The number of nitrogens with zero attached hydrogens (tertiary/aromatic N) is 3. The molecule has 6 nitrogen and oxygen atoms in total. The highest BCUT2D eigenvalue weighted by Gasteiger charge is 2.25. The Balaban J connectivity index is 2.23. The number of rotatable bonds is 5. The maximum atomic E-state index is 12.4. The molecule has 0 saturated heterocycles. The summed E-state index contributed by atoms with van der Waals surface area (Å²) in [5.41, 5.74) is 0.891. The lowest BCUT2D eigenvalue weighted by molar-refractivity contribution is 0.548. The molecule has 0 saturated carbocycles. The van der Waals surface area contributed by atoms with Crippen molar-refractivity contribution in [2.45, 2.75) is 22.9 Å². The van der Waals surface area contributed by atoms with Crippen LogP contribution in [0.4, 0.5) is 0 Å². The molecule has 21 heavy (non-hydrogen) atoms.